The van der Waals surface area contributed by atoms with E-state index < -0.39 is 15.9 Å². The lowest BCUT2D eigenvalue weighted by Gasteiger charge is -2.11. The number of carbonyl (C=O) groups is 1. The normalized spacial score (nSPS) is 11.3. The summed E-state index contributed by atoms with van der Waals surface area (Å²) in [4.78, 5) is 13.1. The number of halogens is 1. The minimum absolute atomic E-state index is 0.134. The van der Waals surface area contributed by atoms with Crippen LogP contribution in [-0.4, -0.2) is 30.4 Å². The summed E-state index contributed by atoms with van der Waals surface area (Å²) >= 11 is 6.10. The Labute approximate surface area is 203 Å². The van der Waals surface area contributed by atoms with Crippen LogP contribution in [0.15, 0.2) is 78.9 Å². The Morgan fingerprint density at radius 1 is 1.00 bits per heavy atom. The maximum atomic E-state index is 13.1. The summed E-state index contributed by atoms with van der Waals surface area (Å²) in [5.41, 5.74) is 4.19. The molecule has 1 aromatic heterocycles. The average molecular weight is 495 g/mol. The van der Waals surface area contributed by atoms with Crippen molar-refractivity contribution in [3.63, 3.8) is 0 Å². The molecular weight excluding hydrogens is 472 g/mol. The summed E-state index contributed by atoms with van der Waals surface area (Å²) in [5.74, 6) is 0.0958. The van der Waals surface area contributed by atoms with Crippen LogP contribution in [0, 0.1) is 6.92 Å². The van der Waals surface area contributed by atoms with Gasteiger partial charge in [0.05, 0.1) is 29.2 Å². The lowest BCUT2D eigenvalue weighted by Crippen LogP contribution is -2.17. The van der Waals surface area contributed by atoms with Gasteiger partial charge in [-0.3, -0.25) is 9.52 Å². The number of carbonyl (C=O) groups excluding carboxylic acids is 1. The molecule has 0 atom stereocenters. The monoisotopic (exact) mass is 494 g/mol. The minimum atomic E-state index is -3.55. The first-order valence-electron chi connectivity index (χ1n) is 10.5. The van der Waals surface area contributed by atoms with Gasteiger partial charge < -0.3 is 5.32 Å². The Hall–Kier alpha value is -3.62. The number of aryl methyl sites for hydroxylation is 1. The zero-order valence-corrected chi connectivity index (χ0v) is 20.2. The first-order valence-corrected chi connectivity index (χ1v) is 12.7. The summed E-state index contributed by atoms with van der Waals surface area (Å²) in [6, 6.07) is 24.0. The molecule has 2 N–H and O–H groups in total. The molecule has 0 spiro atoms. The molecule has 0 radical (unpaired) electrons. The van der Waals surface area contributed by atoms with Crippen LogP contribution < -0.4 is 10.0 Å². The Bertz CT molecular complexity index is 1450. The molecule has 0 unspecified atom stereocenters. The third kappa shape index (κ3) is 5.65. The van der Waals surface area contributed by atoms with Gasteiger partial charge in [-0.1, -0.05) is 66.2 Å². The van der Waals surface area contributed by atoms with Crippen LogP contribution in [0.4, 0.5) is 11.5 Å². The Kier molecular flexibility index (Phi) is 6.72. The standard InChI is InChI=1S/C25H23ClN4O3S/c1-17-8-6-7-11-20(17)22-15-24(30(28-22)16-18-9-4-3-5-10-18)27-25(31)19-12-13-21(26)23(14-19)29-34(2,32)33/h3-15,29H,16H2,1-2H3,(H,27,31). The minimum Gasteiger partial charge on any atom is -0.307 e. The number of anilines is 2. The largest absolute Gasteiger partial charge is 0.307 e. The van der Waals surface area contributed by atoms with Crippen molar-refractivity contribution < 1.29 is 13.2 Å². The highest BCUT2D eigenvalue weighted by Crippen LogP contribution is 2.27. The zero-order chi connectivity index (χ0) is 24.3. The molecule has 174 valence electrons. The third-order valence-electron chi connectivity index (χ3n) is 5.14. The predicted octanol–water partition coefficient (Wildman–Crippen LogP) is 5.18. The highest BCUT2D eigenvalue weighted by Gasteiger charge is 2.17. The quantitative estimate of drug-likeness (QED) is 0.370. The predicted molar refractivity (Wildman–Crippen MR) is 136 cm³/mol. The summed E-state index contributed by atoms with van der Waals surface area (Å²) < 4.78 is 27.3. The van der Waals surface area contributed by atoms with E-state index in [9.17, 15) is 13.2 Å². The van der Waals surface area contributed by atoms with Gasteiger partial charge in [0.15, 0.2) is 0 Å². The lowest BCUT2D eigenvalue weighted by molar-refractivity contribution is 0.102. The molecule has 34 heavy (non-hydrogen) atoms. The summed E-state index contributed by atoms with van der Waals surface area (Å²) in [5, 5.41) is 7.85. The Balaban J connectivity index is 1.68. The number of benzene rings is 3. The molecule has 4 rings (SSSR count). The molecule has 9 heteroatoms. The fourth-order valence-corrected chi connectivity index (χ4v) is 4.31. The van der Waals surface area contributed by atoms with Gasteiger partial charge in [0.2, 0.25) is 10.0 Å². The number of hydrogen-bond donors (Lipinski definition) is 2. The number of nitrogens with zero attached hydrogens (tertiary/aromatic N) is 2. The average Bonchev–Trinajstić information content (AvgIpc) is 3.17. The van der Waals surface area contributed by atoms with Gasteiger partial charge in [-0.05, 0) is 36.2 Å². The molecule has 0 aliphatic rings. The number of sulfonamides is 1. The van der Waals surface area contributed by atoms with Crippen molar-refractivity contribution in [2.45, 2.75) is 13.5 Å². The van der Waals surface area contributed by atoms with E-state index in [0.717, 1.165) is 28.6 Å². The Morgan fingerprint density at radius 3 is 2.41 bits per heavy atom. The lowest BCUT2D eigenvalue weighted by atomic mass is 10.1. The second kappa shape index (κ2) is 9.70. The van der Waals surface area contributed by atoms with Crippen LogP contribution in [0.2, 0.25) is 5.02 Å². The van der Waals surface area contributed by atoms with Crippen LogP contribution in [0.25, 0.3) is 11.3 Å². The van der Waals surface area contributed by atoms with E-state index >= 15 is 0 Å². The van der Waals surface area contributed by atoms with Crippen molar-refractivity contribution in [1.82, 2.24) is 9.78 Å². The number of aromatic nitrogens is 2. The highest BCUT2D eigenvalue weighted by molar-refractivity contribution is 7.92. The fraction of sp³-hybridized carbons (Fsp3) is 0.120. The molecule has 4 aromatic rings. The first-order chi connectivity index (χ1) is 16.2. The smallest absolute Gasteiger partial charge is 0.256 e. The van der Waals surface area contributed by atoms with E-state index in [2.05, 4.69) is 10.0 Å². The third-order valence-corrected chi connectivity index (χ3v) is 6.06. The number of hydrogen-bond acceptors (Lipinski definition) is 4. The molecule has 0 aliphatic carbocycles. The number of rotatable bonds is 7. The molecular formula is C25H23ClN4O3S. The summed E-state index contributed by atoms with van der Waals surface area (Å²) in [6.07, 6.45) is 1.02. The second-order valence-electron chi connectivity index (χ2n) is 7.90. The van der Waals surface area contributed by atoms with Gasteiger partial charge in [0.25, 0.3) is 5.91 Å². The number of amides is 1. The van der Waals surface area contributed by atoms with E-state index in [-0.39, 0.29) is 16.3 Å². The summed E-state index contributed by atoms with van der Waals surface area (Å²) in [6.45, 7) is 2.47. The van der Waals surface area contributed by atoms with Crippen molar-refractivity contribution in [3.05, 3.63) is 101 Å². The van der Waals surface area contributed by atoms with Crippen LogP contribution in [-0.2, 0) is 16.6 Å². The van der Waals surface area contributed by atoms with E-state index in [0.29, 0.717) is 12.4 Å². The van der Waals surface area contributed by atoms with Gasteiger partial charge in [0.1, 0.15) is 5.82 Å². The van der Waals surface area contributed by atoms with Gasteiger partial charge in [-0.15, -0.1) is 0 Å². The maximum absolute atomic E-state index is 13.1. The van der Waals surface area contributed by atoms with Crippen molar-refractivity contribution in [2.75, 3.05) is 16.3 Å². The molecule has 3 aromatic carbocycles. The van der Waals surface area contributed by atoms with Gasteiger partial charge in [0, 0.05) is 17.2 Å². The van der Waals surface area contributed by atoms with Crippen molar-refractivity contribution in [3.8, 4) is 11.3 Å². The molecule has 0 aliphatic heterocycles. The first kappa shape index (κ1) is 23.5. The van der Waals surface area contributed by atoms with Crippen molar-refractivity contribution in [2.24, 2.45) is 0 Å². The molecule has 1 amide bonds. The maximum Gasteiger partial charge on any atom is 0.256 e. The number of nitrogens with one attached hydrogen (secondary N) is 2. The second-order valence-corrected chi connectivity index (χ2v) is 10.1. The van der Waals surface area contributed by atoms with E-state index in [1.807, 2.05) is 67.6 Å². The molecule has 1 heterocycles. The molecule has 0 fully saturated rings. The van der Waals surface area contributed by atoms with Gasteiger partial charge in [-0.25, -0.2) is 13.1 Å². The van der Waals surface area contributed by atoms with Crippen molar-refractivity contribution in [1.29, 1.82) is 0 Å². The van der Waals surface area contributed by atoms with Gasteiger partial charge >= 0.3 is 0 Å². The van der Waals surface area contributed by atoms with E-state index in [1.165, 1.54) is 18.2 Å². The summed E-state index contributed by atoms with van der Waals surface area (Å²) in [7, 11) is -3.55. The van der Waals surface area contributed by atoms with Crippen LogP contribution in [0.1, 0.15) is 21.5 Å². The fourth-order valence-electron chi connectivity index (χ4n) is 3.52. The van der Waals surface area contributed by atoms with Gasteiger partial charge in [-0.2, -0.15) is 5.10 Å². The van der Waals surface area contributed by atoms with Crippen molar-refractivity contribution >= 4 is 39.0 Å². The molecule has 0 saturated heterocycles. The zero-order valence-electron chi connectivity index (χ0n) is 18.6. The molecule has 7 nitrogen and oxygen atoms in total. The molecule has 0 bridgehead atoms. The van der Waals surface area contributed by atoms with E-state index in [1.54, 1.807) is 4.68 Å². The highest BCUT2D eigenvalue weighted by atomic mass is 35.5. The topological polar surface area (TPSA) is 93.1 Å². The Morgan fingerprint density at radius 2 is 1.71 bits per heavy atom. The van der Waals surface area contributed by atoms with E-state index in [4.69, 9.17) is 16.7 Å². The van der Waals surface area contributed by atoms with Crippen LogP contribution in [0.3, 0.4) is 0 Å². The molecule has 0 saturated carbocycles. The van der Waals surface area contributed by atoms with Crippen LogP contribution >= 0.6 is 11.6 Å². The van der Waals surface area contributed by atoms with Crippen LogP contribution in [0.5, 0.6) is 0 Å². The SMILES string of the molecule is Cc1ccccc1-c1cc(NC(=O)c2ccc(Cl)c(NS(C)(=O)=O)c2)n(Cc2ccccc2)n1.